The Morgan fingerprint density at radius 2 is 2.18 bits per heavy atom. The average molecular weight is 297 g/mol. The van der Waals surface area contributed by atoms with Crippen molar-refractivity contribution in [1.29, 1.82) is 0 Å². The lowest BCUT2D eigenvalue weighted by Crippen LogP contribution is -2.27. The molecule has 0 spiro atoms. The SMILES string of the molecule is CCCN(Cc1c(N)cccc1Br)CC1CC1. The summed E-state index contributed by atoms with van der Waals surface area (Å²) < 4.78 is 1.13. The lowest BCUT2D eigenvalue weighted by molar-refractivity contribution is 0.255. The molecule has 0 bridgehead atoms. The molecule has 0 heterocycles. The van der Waals surface area contributed by atoms with E-state index >= 15 is 0 Å². The van der Waals surface area contributed by atoms with Crippen LogP contribution in [-0.4, -0.2) is 18.0 Å². The molecule has 1 aromatic carbocycles. The number of nitrogen functional groups attached to an aromatic ring is 1. The fraction of sp³-hybridized carbons (Fsp3) is 0.571. The summed E-state index contributed by atoms with van der Waals surface area (Å²) in [6.07, 6.45) is 4.02. The van der Waals surface area contributed by atoms with Crippen LogP contribution in [0.15, 0.2) is 22.7 Å². The van der Waals surface area contributed by atoms with Gasteiger partial charge in [-0.3, -0.25) is 4.90 Å². The molecular weight excluding hydrogens is 276 g/mol. The molecule has 2 nitrogen and oxygen atoms in total. The monoisotopic (exact) mass is 296 g/mol. The molecule has 1 saturated carbocycles. The van der Waals surface area contributed by atoms with Gasteiger partial charge in [0.2, 0.25) is 0 Å². The summed E-state index contributed by atoms with van der Waals surface area (Å²) in [6, 6.07) is 6.06. The number of nitrogens with two attached hydrogens (primary N) is 1. The Labute approximate surface area is 112 Å². The molecule has 1 aliphatic rings. The first-order chi connectivity index (χ1) is 8.20. The van der Waals surface area contributed by atoms with E-state index in [2.05, 4.69) is 33.8 Å². The highest BCUT2D eigenvalue weighted by Gasteiger charge is 2.24. The van der Waals surface area contributed by atoms with Crippen LogP contribution < -0.4 is 5.73 Å². The van der Waals surface area contributed by atoms with Crippen molar-refractivity contribution in [3.63, 3.8) is 0 Å². The third kappa shape index (κ3) is 3.71. The molecule has 0 amide bonds. The van der Waals surface area contributed by atoms with E-state index in [1.54, 1.807) is 0 Å². The predicted octanol–water partition coefficient (Wildman–Crippen LogP) is 3.65. The molecular formula is C14H21BrN2. The Morgan fingerprint density at radius 1 is 1.41 bits per heavy atom. The summed E-state index contributed by atoms with van der Waals surface area (Å²) in [4.78, 5) is 2.54. The topological polar surface area (TPSA) is 29.3 Å². The van der Waals surface area contributed by atoms with Gasteiger partial charge in [0.15, 0.2) is 0 Å². The molecule has 1 aromatic rings. The Morgan fingerprint density at radius 3 is 2.76 bits per heavy atom. The molecule has 1 aliphatic carbocycles. The first kappa shape index (κ1) is 12.9. The maximum Gasteiger partial charge on any atom is 0.0371 e. The third-order valence-corrected chi connectivity index (χ3v) is 4.03. The number of halogens is 1. The fourth-order valence-corrected chi connectivity index (χ4v) is 2.69. The number of anilines is 1. The summed E-state index contributed by atoms with van der Waals surface area (Å²) in [5, 5.41) is 0. The average Bonchev–Trinajstić information content (AvgIpc) is 3.08. The van der Waals surface area contributed by atoms with Crippen molar-refractivity contribution in [2.24, 2.45) is 5.92 Å². The normalized spacial score (nSPS) is 15.5. The van der Waals surface area contributed by atoms with Gasteiger partial charge in [0, 0.05) is 28.8 Å². The Bertz CT molecular complexity index is 354. The highest BCUT2D eigenvalue weighted by Crippen LogP contribution is 2.31. The molecule has 0 unspecified atom stereocenters. The number of hydrogen-bond donors (Lipinski definition) is 1. The molecule has 17 heavy (non-hydrogen) atoms. The van der Waals surface area contributed by atoms with E-state index < -0.39 is 0 Å². The highest BCUT2D eigenvalue weighted by molar-refractivity contribution is 9.10. The second-order valence-corrected chi connectivity index (χ2v) is 5.84. The van der Waals surface area contributed by atoms with Gasteiger partial charge in [0.25, 0.3) is 0 Å². The van der Waals surface area contributed by atoms with Crippen molar-refractivity contribution >= 4 is 21.6 Å². The maximum absolute atomic E-state index is 6.06. The van der Waals surface area contributed by atoms with Gasteiger partial charge in [-0.2, -0.15) is 0 Å². The van der Waals surface area contributed by atoms with E-state index in [4.69, 9.17) is 5.73 Å². The zero-order valence-corrected chi connectivity index (χ0v) is 12.0. The van der Waals surface area contributed by atoms with Gasteiger partial charge < -0.3 is 5.73 Å². The van der Waals surface area contributed by atoms with Crippen molar-refractivity contribution in [3.05, 3.63) is 28.2 Å². The van der Waals surface area contributed by atoms with E-state index in [9.17, 15) is 0 Å². The molecule has 0 saturated heterocycles. The Hall–Kier alpha value is -0.540. The van der Waals surface area contributed by atoms with Gasteiger partial charge >= 0.3 is 0 Å². The van der Waals surface area contributed by atoms with E-state index in [0.29, 0.717) is 0 Å². The van der Waals surface area contributed by atoms with Crippen LogP contribution in [-0.2, 0) is 6.54 Å². The minimum absolute atomic E-state index is 0.899. The van der Waals surface area contributed by atoms with Gasteiger partial charge in [-0.25, -0.2) is 0 Å². The van der Waals surface area contributed by atoms with Gasteiger partial charge in [0.05, 0.1) is 0 Å². The number of nitrogens with zero attached hydrogens (tertiary/aromatic N) is 1. The van der Waals surface area contributed by atoms with Crippen LogP contribution in [0.25, 0.3) is 0 Å². The Balaban J connectivity index is 2.04. The first-order valence-electron chi connectivity index (χ1n) is 6.46. The van der Waals surface area contributed by atoms with Crippen molar-refractivity contribution in [3.8, 4) is 0 Å². The quantitative estimate of drug-likeness (QED) is 0.812. The zero-order chi connectivity index (χ0) is 12.3. The second-order valence-electron chi connectivity index (χ2n) is 4.99. The van der Waals surface area contributed by atoms with Crippen molar-refractivity contribution in [2.45, 2.75) is 32.7 Å². The predicted molar refractivity (Wildman–Crippen MR) is 76.8 cm³/mol. The minimum atomic E-state index is 0.899. The van der Waals surface area contributed by atoms with Crippen LogP contribution in [0.4, 0.5) is 5.69 Å². The molecule has 0 aromatic heterocycles. The smallest absolute Gasteiger partial charge is 0.0371 e. The molecule has 94 valence electrons. The lowest BCUT2D eigenvalue weighted by Gasteiger charge is -2.23. The number of rotatable bonds is 6. The molecule has 3 heteroatoms. The zero-order valence-electron chi connectivity index (χ0n) is 10.5. The van der Waals surface area contributed by atoms with Crippen molar-refractivity contribution < 1.29 is 0 Å². The molecule has 2 N–H and O–H groups in total. The highest BCUT2D eigenvalue weighted by atomic mass is 79.9. The van der Waals surface area contributed by atoms with Crippen LogP contribution in [0.2, 0.25) is 0 Å². The minimum Gasteiger partial charge on any atom is -0.398 e. The standard InChI is InChI=1S/C14H21BrN2/c1-2-8-17(9-11-6-7-11)10-12-13(15)4-3-5-14(12)16/h3-5,11H,2,6-10,16H2,1H3. The summed E-state index contributed by atoms with van der Waals surface area (Å²) in [6.45, 7) is 5.60. The summed E-state index contributed by atoms with van der Waals surface area (Å²) in [5.41, 5.74) is 8.19. The Kier molecular flexibility index (Phi) is 4.46. The van der Waals surface area contributed by atoms with Crippen LogP contribution in [0.1, 0.15) is 31.7 Å². The molecule has 0 atom stereocenters. The largest absolute Gasteiger partial charge is 0.398 e. The van der Waals surface area contributed by atoms with Gasteiger partial charge in [0.1, 0.15) is 0 Å². The van der Waals surface area contributed by atoms with Gasteiger partial charge in [-0.05, 0) is 43.9 Å². The van der Waals surface area contributed by atoms with Crippen LogP contribution in [0.3, 0.4) is 0 Å². The number of benzene rings is 1. The van der Waals surface area contributed by atoms with Gasteiger partial charge in [-0.1, -0.05) is 28.9 Å². The second kappa shape index (κ2) is 5.87. The van der Waals surface area contributed by atoms with Crippen molar-refractivity contribution in [1.82, 2.24) is 4.90 Å². The summed E-state index contributed by atoms with van der Waals surface area (Å²) in [5.74, 6) is 0.935. The van der Waals surface area contributed by atoms with E-state index in [1.807, 2.05) is 12.1 Å². The van der Waals surface area contributed by atoms with Crippen LogP contribution in [0.5, 0.6) is 0 Å². The van der Waals surface area contributed by atoms with Crippen LogP contribution >= 0.6 is 15.9 Å². The molecule has 1 fully saturated rings. The fourth-order valence-electron chi connectivity index (χ4n) is 2.18. The lowest BCUT2D eigenvalue weighted by atomic mass is 10.1. The van der Waals surface area contributed by atoms with Gasteiger partial charge in [-0.15, -0.1) is 0 Å². The maximum atomic E-state index is 6.06. The van der Waals surface area contributed by atoms with E-state index in [-0.39, 0.29) is 0 Å². The van der Waals surface area contributed by atoms with E-state index in [0.717, 1.165) is 29.2 Å². The molecule has 0 aliphatic heterocycles. The molecule has 2 rings (SSSR count). The third-order valence-electron chi connectivity index (χ3n) is 3.29. The summed E-state index contributed by atoms with van der Waals surface area (Å²) >= 11 is 3.60. The van der Waals surface area contributed by atoms with E-state index in [1.165, 1.54) is 31.4 Å². The molecule has 0 radical (unpaired) electrons. The van der Waals surface area contributed by atoms with Crippen LogP contribution in [0, 0.1) is 5.92 Å². The number of hydrogen-bond acceptors (Lipinski definition) is 2. The first-order valence-corrected chi connectivity index (χ1v) is 7.25. The summed E-state index contributed by atoms with van der Waals surface area (Å²) in [7, 11) is 0. The van der Waals surface area contributed by atoms with Crippen molar-refractivity contribution in [2.75, 3.05) is 18.8 Å².